The number of carbonyl (C=O) groups is 2. The van der Waals surface area contributed by atoms with E-state index in [2.05, 4.69) is 0 Å². The first-order valence-corrected chi connectivity index (χ1v) is 6.20. The molecule has 0 aliphatic carbocycles. The van der Waals surface area contributed by atoms with Gasteiger partial charge in [0.15, 0.2) is 0 Å². The summed E-state index contributed by atoms with van der Waals surface area (Å²) >= 11 is 0. The fourth-order valence-electron chi connectivity index (χ4n) is 1.78. The average molecular weight is 298 g/mol. The van der Waals surface area contributed by atoms with Gasteiger partial charge in [-0.2, -0.15) is 0 Å². The van der Waals surface area contributed by atoms with Crippen LogP contribution in [0, 0.1) is 15.9 Å². The van der Waals surface area contributed by atoms with E-state index in [-0.39, 0.29) is 24.6 Å². The Kier molecular flexibility index (Phi) is 5.34. The van der Waals surface area contributed by atoms with Crippen LogP contribution in [-0.2, 0) is 4.79 Å². The van der Waals surface area contributed by atoms with Gasteiger partial charge in [-0.1, -0.05) is 0 Å². The lowest BCUT2D eigenvalue weighted by Gasteiger charge is -2.26. The van der Waals surface area contributed by atoms with Gasteiger partial charge in [0.25, 0.3) is 11.6 Å². The van der Waals surface area contributed by atoms with Gasteiger partial charge >= 0.3 is 5.97 Å². The van der Waals surface area contributed by atoms with Crippen LogP contribution in [0.2, 0.25) is 0 Å². The summed E-state index contributed by atoms with van der Waals surface area (Å²) in [6, 6.07) is 2.26. The number of hydrogen-bond acceptors (Lipinski definition) is 4. The topological polar surface area (TPSA) is 101 Å². The van der Waals surface area contributed by atoms with Gasteiger partial charge in [0.2, 0.25) is 0 Å². The van der Waals surface area contributed by atoms with E-state index >= 15 is 0 Å². The molecule has 0 unspecified atom stereocenters. The first-order chi connectivity index (χ1) is 9.72. The molecule has 114 valence electrons. The monoisotopic (exact) mass is 298 g/mol. The smallest absolute Gasteiger partial charge is 0.305 e. The number of aliphatic carboxylic acids is 1. The predicted molar refractivity (Wildman–Crippen MR) is 71.5 cm³/mol. The lowest BCUT2D eigenvalue weighted by atomic mass is 10.1. The zero-order valence-corrected chi connectivity index (χ0v) is 11.6. The van der Waals surface area contributed by atoms with Gasteiger partial charge < -0.3 is 10.0 Å². The van der Waals surface area contributed by atoms with Crippen LogP contribution in [0.1, 0.15) is 30.6 Å². The number of hydrogen-bond donors (Lipinski definition) is 1. The highest BCUT2D eigenvalue weighted by atomic mass is 19.1. The van der Waals surface area contributed by atoms with Crippen LogP contribution in [-0.4, -0.2) is 39.4 Å². The summed E-state index contributed by atoms with van der Waals surface area (Å²) in [6.45, 7) is 3.29. The van der Waals surface area contributed by atoms with Crippen molar-refractivity contribution in [2.45, 2.75) is 26.3 Å². The molecule has 1 aromatic rings. The van der Waals surface area contributed by atoms with E-state index in [9.17, 15) is 24.1 Å². The number of carbonyl (C=O) groups excluding carboxylic acids is 1. The molecule has 0 saturated carbocycles. The highest BCUT2D eigenvalue weighted by molar-refractivity contribution is 5.95. The number of nitro benzene ring substituents is 1. The van der Waals surface area contributed by atoms with Crippen molar-refractivity contribution in [2.75, 3.05) is 6.54 Å². The van der Waals surface area contributed by atoms with Crippen LogP contribution in [0.25, 0.3) is 0 Å². The largest absolute Gasteiger partial charge is 0.481 e. The second kappa shape index (κ2) is 6.78. The molecule has 7 nitrogen and oxygen atoms in total. The third-order valence-corrected chi connectivity index (χ3v) is 2.79. The van der Waals surface area contributed by atoms with Crippen molar-refractivity contribution in [3.8, 4) is 0 Å². The Bertz CT molecular complexity index is 574. The zero-order chi connectivity index (χ0) is 16.2. The molecule has 0 spiro atoms. The first-order valence-electron chi connectivity index (χ1n) is 6.20. The minimum absolute atomic E-state index is 0.0594. The quantitative estimate of drug-likeness (QED) is 0.640. The van der Waals surface area contributed by atoms with E-state index in [1.54, 1.807) is 13.8 Å². The normalized spacial score (nSPS) is 10.5. The Morgan fingerprint density at radius 3 is 2.48 bits per heavy atom. The molecule has 21 heavy (non-hydrogen) atoms. The standard InChI is InChI=1S/C13H15FN2O5/c1-8(2)15(4-3-12(17)18)13(19)9-5-10(14)7-11(6-9)16(20)21/h5-8H,3-4H2,1-2H3,(H,17,18). The number of amides is 1. The first kappa shape index (κ1) is 16.5. The minimum atomic E-state index is -1.07. The molecule has 1 amide bonds. The molecule has 0 bridgehead atoms. The fraction of sp³-hybridized carbons (Fsp3) is 0.385. The van der Waals surface area contributed by atoms with Crippen LogP contribution in [0.4, 0.5) is 10.1 Å². The molecular formula is C13H15FN2O5. The fourth-order valence-corrected chi connectivity index (χ4v) is 1.78. The molecule has 0 radical (unpaired) electrons. The van der Waals surface area contributed by atoms with Crippen LogP contribution in [0.3, 0.4) is 0 Å². The number of halogens is 1. The molecule has 0 aliphatic rings. The molecule has 0 saturated heterocycles. The van der Waals surface area contributed by atoms with E-state index < -0.39 is 28.3 Å². The van der Waals surface area contributed by atoms with E-state index in [0.717, 1.165) is 12.1 Å². The lowest BCUT2D eigenvalue weighted by Crippen LogP contribution is -2.38. The Hall–Kier alpha value is -2.51. The molecule has 1 rings (SSSR count). The van der Waals surface area contributed by atoms with Gasteiger partial charge in [-0.05, 0) is 19.9 Å². The van der Waals surface area contributed by atoms with Gasteiger partial charge in [0, 0.05) is 24.2 Å². The van der Waals surface area contributed by atoms with Crippen LogP contribution < -0.4 is 0 Å². The van der Waals surface area contributed by atoms with E-state index in [4.69, 9.17) is 5.11 Å². The minimum Gasteiger partial charge on any atom is -0.481 e. The molecule has 0 fully saturated rings. The van der Waals surface area contributed by atoms with Crippen LogP contribution in [0.5, 0.6) is 0 Å². The van der Waals surface area contributed by atoms with Crippen molar-refractivity contribution >= 4 is 17.6 Å². The highest BCUT2D eigenvalue weighted by Crippen LogP contribution is 2.18. The molecule has 0 atom stereocenters. The Balaban J connectivity index is 3.08. The predicted octanol–water partition coefficient (Wildman–Crippen LogP) is 2.06. The molecular weight excluding hydrogens is 283 g/mol. The summed E-state index contributed by atoms with van der Waals surface area (Å²) in [5.41, 5.74) is -0.707. The van der Waals surface area contributed by atoms with Gasteiger partial charge in [-0.25, -0.2) is 4.39 Å². The number of nitrogens with zero attached hydrogens (tertiary/aromatic N) is 2. The maximum absolute atomic E-state index is 13.4. The zero-order valence-electron chi connectivity index (χ0n) is 11.6. The van der Waals surface area contributed by atoms with Gasteiger partial charge in [-0.15, -0.1) is 0 Å². The summed E-state index contributed by atoms with van der Waals surface area (Å²) in [5.74, 6) is -2.61. The number of non-ortho nitro benzene ring substituents is 1. The summed E-state index contributed by atoms with van der Waals surface area (Å²) in [6.07, 6.45) is -0.263. The second-order valence-electron chi connectivity index (χ2n) is 4.69. The Labute approximate surface area is 120 Å². The van der Waals surface area contributed by atoms with Gasteiger partial charge in [0.1, 0.15) is 5.82 Å². The molecule has 1 N–H and O–H groups in total. The van der Waals surface area contributed by atoms with Crippen molar-refractivity contribution in [3.05, 3.63) is 39.7 Å². The van der Waals surface area contributed by atoms with Crippen molar-refractivity contribution in [2.24, 2.45) is 0 Å². The summed E-state index contributed by atoms with van der Waals surface area (Å²) in [4.78, 5) is 34.0. The van der Waals surface area contributed by atoms with Crippen LogP contribution in [0.15, 0.2) is 18.2 Å². The molecule has 1 aromatic carbocycles. The van der Waals surface area contributed by atoms with Crippen molar-refractivity contribution in [3.63, 3.8) is 0 Å². The summed E-state index contributed by atoms with van der Waals surface area (Å²) in [5, 5.41) is 19.4. The highest BCUT2D eigenvalue weighted by Gasteiger charge is 2.22. The van der Waals surface area contributed by atoms with E-state index in [1.165, 1.54) is 4.90 Å². The third-order valence-electron chi connectivity index (χ3n) is 2.79. The van der Waals surface area contributed by atoms with Crippen molar-refractivity contribution in [1.82, 2.24) is 4.90 Å². The Morgan fingerprint density at radius 2 is 2.00 bits per heavy atom. The van der Waals surface area contributed by atoms with E-state index in [0.29, 0.717) is 6.07 Å². The third kappa shape index (κ3) is 4.51. The maximum atomic E-state index is 13.4. The molecule has 0 heterocycles. The van der Waals surface area contributed by atoms with Crippen molar-refractivity contribution in [1.29, 1.82) is 0 Å². The number of carboxylic acid groups (broad SMARTS) is 1. The SMILES string of the molecule is CC(C)N(CCC(=O)O)C(=O)c1cc(F)cc([N+](=O)[O-])c1. The summed E-state index contributed by atoms with van der Waals surface area (Å²) in [7, 11) is 0. The number of carboxylic acids is 1. The number of nitro groups is 1. The summed E-state index contributed by atoms with van der Waals surface area (Å²) < 4.78 is 13.4. The lowest BCUT2D eigenvalue weighted by molar-refractivity contribution is -0.385. The average Bonchev–Trinajstić information content (AvgIpc) is 2.37. The molecule has 8 heteroatoms. The Morgan fingerprint density at radius 1 is 1.38 bits per heavy atom. The number of rotatable bonds is 6. The van der Waals surface area contributed by atoms with E-state index in [1.807, 2.05) is 0 Å². The maximum Gasteiger partial charge on any atom is 0.305 e. The second-order valence-corrected chi connectivity index (χ2v) is 4.69. The van der Waals surface area contributed by atoms with Gasteiger partial charge in [-0.3, -0.25) is 19.7 Å². The van der Waals surface area contributed by atoms with Crippen LogP contribution >= 0.6 is 0 Å². The molecule has 0 aromatic heterocycles. The van der Waals surface area contributed by atoms with Gasteiger partial charge in [0.05, 0.1) is 17.4 Å². The molecule has 0 aliphatic heterocycles. The number of benzene rings is 1. The van der Waals surface area contributed by atoms with Crippen molar-refractivity contribution < 1.29 is 24.0 Å².